The molecular weight excluding hydrogens is 532 g/mol. The molecule has 2 fully saturated rings. The number of aliphatic hydroxyl groups is 9. The van der Waals surface area contributed by atoms with Gasteiger partial charge in [0, 0.05) is 13.8 Å². The van der Waals surface area contributed by atoms with Crippen molar-refractivity contribution in [2.75, 3.05) is 19.8 Å². The minimum Gasteiger partial charge on any atom is -0.394 e. The molecule has 11 N–H and O–H groups in total. The highest BCUT2D eigenvalue weighted by Gasteiger charge is 2.52. The Morgan fingerprint density at radius 2 is 1.51 bits per heavy atom. The second-order valence-electron chi connectivity index (χ2n) is 9.56. The Hall–Kier alpha value is -1.58. The topological polar surface area (TPSA) is 277 Å². The Morgan fingerprint density at radius 1 is 0.872 bits per heavy atom. The maximum absolute atomic E-state index is 12.1. The molecule has 0 aromatic carbocycles. The molecule has 0 spiro atoms. The average molecular weight is 573 g/mol. The summed E-state index contributed by atoms with van der Waals surface area (Å²) < 4.78 is 22.6. The third-order valence-electron chi connectivity index (χ3n) is 6.51. The van der Waals surface area contributed by atoms with Crippen LogP contribution in [0.2, 0.25) is 0 Å². The van der Waals surface area contributed by atoms with Crippen LogP contribution in [0.15, 0.2) is 0 Å². The number of nitrogens with one attached hydrogen (secondary N) is 2. The third-order valence-corrected chi connectivity index (χ3v) is 6.51. The lowest BCUT2D eigenvalue weighted by molar-refractivity contribution is -0.347. The van der Waals surface area contributed by atoms with Crippen molar-refractivity contribution in [1.82, 2.24) is 10.6 Å². The van der Waals surface area contributed by atoms with Crippen molar-refractivity contribution in [3.8, 4) is 0 Å². The SMILES string of the molecule is CC(=O)N[C@H]1[C@H](O[C@@H]([C@@H](O)[C@H](O)CO)[C@H](CO)NC(C)=O)O[C@H](CO)[C@@H](O)[C@@H]1O[C@@H]1O[C@@H](C)[C@@H](O)[C@@H](O)[C@@H]1O. The zero-order valence-electron chi connectivity index (χ0n) is 21.7. The van der Waals surface area contributed by atoms with E-state index in [-0.39, 0.29) is 0 Å². The van der Waals surface area contributed by atoms with Crippen molar-refractivity contribution in [1.29, 1.82) is 0 Å². The predicted molar refractivity (Wildman–Crippen MR) is 125 cm³/mol. The van der Waals surface area contributed by atoms with Crippen LogP contribution in [0.3, 0.4) is 0 Å². The summed E-state index contributed by atoms with van der Waals surface area (Å²) in [7, 11) is 0. The van der Waals surface area contributed by atoms with Crippen molar-refractivity contribution in [2.45, 2.75) is 106 Å². The largest absolute Gasteiger partial charge is 0.394 e. The number of carbonyl (C=O) groups excluding carboxylic acids is 2. The molecule has 2 saturated heterocycles. The van der Waals surface area contributed by atoms with Gasteiger partial charge < -0.3 is 75.5 Å². The lowest BCUT2D eigenvalue weighted by atomic mass is 9.94. The zero-order chi connectivity index (χ0) is 29.6. The Labute approximate surface area is 223 Å². The van der Waals surface area contributed by atoms with Crippen LogP contribution in [-0.4, -0.2) is 163 Å². The first-order valence-electron chi connectivity index (χ1n) is 12.3. The highest BCUT2D eigenvalue weighted by molar-refractivity contribution is 5.73. The Bertz CT molecular complexity index is 793. The molecule has 17 nitrogen and oxygen atoms in total. The van der Waals surface area contributed by atoms with Crippen LogP contribution in [-0.2, 0) is 28.5 Å². The van der Waals surface area contributed by atoms with Gasteiger partial charge in [-0.25, -0.2) is 0 Å². The number of hydrogen-bond donors (Lipinski definition) is 11. The Kier molecular flexibility index (Phi) is 12.8. The molecule has 0 aliphatic carbocycles. The zero-order valence-corrected chi connectivity index (χ0v) is 21.7. The molecule has 17 heteroatoms. The van der Waals surface area contributed by atoms with Crippen LogP contribution in [0.5, 0.6) is 0 Å². The fraction of sp³-hybridized carbons (Fsp3) is 0.909. The molecule has 14 atom stereocenters. The number of rotatable bonds is 12. The molecule has 2 aliphatic heterocycles. The van der Waals surface area contributed by atoms with Crippen LogP contribution in [0.4, 0.5) is 0 Å². The fourth-order valence-electron chi connectivity index (χ4n) is 4.40. The summed E-state index contributed by atoms with van der Waals surface area (Å²) in [6.45, 7) is 1.02. The summed E-state index contributed by atoms with van der Waals surface area (Å²) in [5, 5.41) is 95.8. The predicted octanol–water partition coefficient (Wildman–Crippen LogP) is -6.62. The first-order valence-corrected chi connectivity index (χ1v) is 12.3. The van der Waals surface area contributed by atoms with Gasteiger partial charge in [-0.1, -0.05) is 0 Å². The van der Waals surface area contributed by atoms with Gasteiger partial charge in [0.1, 0.15) is 61.0 Å². The Morgan fingerprint density at radius 3 is 2.03 bits per heavy atom. The maximum atomic E-state index is 12.1. The van der Waals surface area contributed by atoms with Gasteiger partial charge in [0.25, 0.3) is 0 Å². The minimum atomic E-state index is -1.93. The Balaban J connectivity index is 2.46. The number of ether oxygens (including phenoxy) is 4. The van der Waals surface area contributed by atoms with E-state index in [9.17, 15) is 55.5 Å². The second kappa shape index (κ2) is 14.9. The van der Waals surface area contributed by atoms with E-state index in [1.54, 1.807) is 0 Å². The average Bonchev–Trinajstić information content (AvgIpc) is 2.89. The van der Waals surface area contributed by atoms with E-state index in [0.29, 0.717) is 0 Å². The molecule has 228 valence electrons. The number of amides is 2. The van der Waals surface area contributed by atoms with Gasteiger partial charge in [-0.15, -0.1) is 0 Å². The summed E-state index contributed by atoms with van der Waals surface area (Å²) in [5.41, 5.74) is 0. The van der Waals surface area contributed by atoms with Crippen molar-refractivity contribution in [3.63, 3.8) is 0 Å². The van der Waals surface area contributed by atoms with Gasteiger partial charge in [0.05, 0.1) is 32.0 Å². The smallest absolute Gasteiger partial charge is 0.217 e. The molecule has 39 heavy (non-hydrogen) atoms. The standard InChI is InChI=1S/C22H40N2O15/c1-7-14(31)17(34)18(35)22(36-7)39-20-13(24-9(3)29)21(37-12(6-27)16(20)33)38-19(15(32)11(30)5-26)10(4-25)23-8(2)28/h7,10-22,25-27,30-35H,4-6H2,1-3H3,(H,23,28)(H,24,29)/t7-,10-,11+,12+,13+,14+,15-,16+,17+,18-,19+,20+,21-,22-/m0/s1. The van der Waals surface area contributed by atoms with Crippen molar-refractivity contribution < 1.29 is 74.5 Å². The molecule has 2 aliphatic rings. The van der Waals surface area contributed by atoms with Crippen LogP contribution in [0, 0.1) is 0 Å². The summed E-state index contributed by atoms with van der Waals surface area (Å²) in [5.74, 6) is -1.35. The first kappa shape index (κ1) is 33.6. The van der Waals surface area contributed by atoms with Gasteiger partial charge >= 0.3 is 0 Å². The maximum Gasteiger partial charge on any atom is 0.217 e. The van der Waals surface area contributed by atoms with E-state index >= 15 is 0 Å². The van der Waals surface area contributed by atoms with Crippen LogP contribution in [0.1, 0.15) is 20.8 Å². The summed E-state index contributed by atoms with van der Waals surface area (Å²) >= 11 is 0. The van der Waals surface area contributed by atoms with Crippen molar-refractivity contribution in [3.05, 3.63) is 0 Å². The van der Waals surface area contributed by atoms with Crippen molar-refractivity contribution in [2.24, 2.45) is 0 Å². The van der Waals surface area contributed by atoms with Crippen LogP contribution < -0.4 is 10.6 Å². The minimum absolute atomic E-state index is 0.653. The van der Waals surface area contributed by atoms with Gasteiger partial charge in [-0.2, -0.15) is 0 Å². The molecule has 0 unspecified atom stereocenters. The van der Waals surface area contributed by atoms with Gasteiger partial charge in [0.15, 0.2) is 12.6 Å². The lowest BCUT2D eigenvalue weighted by Crippen LogP contribution is -2.69. The van der Waals surface area contributed by atoms with E-state index in [1.807, 2.05) is 0 Å². The first-order chi connectivity index (χ1) is 18.3. The second-order valence-corrected chi connectivity index (χ2v) is 9.56. The van der Waals surface area contributed by atoms with E-state index in [0.717, 1.165) is 13.8 Å². The normalized spacial score (nSPS) is 38.4. The quantitative estimate of drug-likeness (QED) is 0.104. The molecule has 0 saturated carbocycles. The summed E-state index contributed by atoms with van der Waals surface area (Å²) in [6, 6.07) is -2.85. The van der Waals surface area contributed by atoms with E-state index in [2.05, 4.69) is 10.6 Å². The van der Waals surface area contributed by atoms with Gasteiger partial charge in [-0.3, -0.25) is 9.59 Å². The number of carbonyl (C=O) groups is 2. The highest BCUT2D eigenvalue weighted by atomic mass is 16.7. The molecule has 0 aromatic rings. The molecule has 2 rings (SSSR count). The third kappa shape index (κ3) is 8.23. The van der Waals surface area contributed by atoms with E-state index in [1.165, 1.54) is 6.92 Å². The molecule has 2 heterocycles. The fourth-order valence-corrected chi connectivity index (χ4v) is 4.40. The molecule has 0 aromatic heterocycles. The summed E-state index contributed by atoms with van der Waals surface area (Å²) in [6.07, 6.45) is -19.5. The molecule has 0 bridgehead atoms. The number of hydrogen-bond acceptors (Lipinski definition) is 15. The van der Waals surface area contributed by atoms with Crippen LogP contribution in [0.25, 0.3) is 0 Å². The molecule has 2 amide bonds. The van der Waals surface area contributed by atoms with Crippen LogP contribution >= 0.6 is 0 Å². The lowest BCUT2D eigenvalue weighted by Gasteiger charge is -2.48. The van der Waals surface area contributed by atoms with Crippen molar-refractivity contribution >= 4 is 11.8 Å². The monoisotopic (exact) mass is 572 g/mol. The molecule has 0 radical (unpaired) electrons. The highest BCUT2D eigenvalue weighted by Crippen LogP contribution is 2.31. The number of aliphatic hydroxyl groups excluding tert-OH is 9. The van der Waals surface area contributed by atoms with Gasteiger partial charge in [-0.05, 0) is 6.92 Å². The van der Waals surface area contributed by atoms with Gasteiger partial charge in [0.2, 0.25) is 11.8 Å². The van der Waals surface area contributed by atoms with E-state index in [4.69, 9.17) is 18.9 Å². The van der Waals surface area contributed by atoms with E-state index < -0.39 is 117 Å². The molecular formula is C22H40N2O15. The summed E-state index contributed by atoms with van der Waals surface area (Å²) in [4.78, 5) is 23.8.